The molecule has 0 atom stereocenters. The number of hydrogen-bond donors (Lipinski definition) is 0. The Hall–Kier alpha value is -1.35. The number of ether oxygens (including phenoxy) is 1. The first kappa shape index (κ1) is 10.7. The lowest BCUT2D eigenvalue weighted by atomic mass is 10.1. The number of rotatable bonds is 3. The van der Waals surface area contributed by atoms with E-state index in [0.29, 0.717) is 4.88 Å². The zero-order valence-electron chi connectivity index (χ0n) is 8.29. The van der Waals surface area contributed by atoms with Gasteiger partial charge < -0.3 is 4.74 Å². The predicted octanol–water partition coefficient (Wildman–Crippen LogP) is 3.21. The highest BCUT2D eigenvalue weighted by Gasteiger charge is 2.13. The van der Waals surface area contributed by atoms with Crippen molar-refractivity contribution in [3.05, 3.63) is 34.5 Å². The molecule has 0 spiro atoms. The zero-order chi connectivity index (χ0) is 10.7. The van der Waals surface area contributed by atoms with Crippen LogP contribution in [0.4, 0.5) is 0 Å². The molecule has 1 aromatic rings. The number of thiophene rings is 1. The van der Waals surface area contributed by atoms with E-state index >= 15 is 0 Å². The third kappa shape index (κ3) is 1.93. The van der Waals surface area contributed by atoms with E-state index in [1.807, 2.05) is 6.92 Å². The fourth-order valence-electron chi connectivity index (χ4n) is 1.09. The van der Waals surface area contributed by atoms with Crippen LogP contribution in [0.3, 0.4) is 0 Å². The quantitative estimate of drug-likeness (QED) is 0.713. The number of methoxy groups -OCH3 is 1. The van der Waals surface area contributed by atoms with E-state index in [0.717, 1.165) is 16.0 Å². The molecule has 3 heteroatoms. The Bertz CT molecular complexity index is 388. The predicted molar refractivity (Wildman–Crippen MR) is 60.5 cm³/mol. The van der Waals surface area contributed by atoms with Gasteiger partial charge in [0.15, 0.2) is 0 Å². The van der Waals surface area contributed by atoms with Crippen LogP contribution < -0.4 is 0 Å². The summed E-state index contributed by atoms with van der Waals surface area (Å²) >= 11 is 1.38. The summed E-state index contributed by atoms with van der Waals surface area (Å²) in [7, 11) is 1.37. The molecule has 1 rings (SSSR count). The van der Waals surface area contributed by atoms with Crippen LogP contribution in [0.5, 0.6) is 0 Å². The molecule has 0 aliphatic carbocycles. The second-order valence-corrected chi connectivity index (χ2v) is 3.92. The minimum atomic E-state index is -0.314. The first-order valence-corrected chi connectivity index (χ1v) is 4.92. The van der Waals surface area contributed by atoms with Crippen molar-refractivity contribution in [3.63, 3.8) is 0 Å². The minimum Gasteiger partial charge on any atom is -0.465 e. The number of carbonyl (C=O) groups excluding carboxylic acids is 1. The average Bonchev–Trinajstić information content (AvgIpc) is 2.60. The van der Waals surface area contributed by atoms with Gasteiger partial charge in [-0.05, 0) is 24.1 Å². The molecule has 1 aromatic heterocycles. The highest BCUT2D eigenvalue weighted by Crippen LogP contribution is 2.29. The van der Waals surface area contributed by atoms with Crippen molar-refractivity contribution in [2.75, 3.05) is 7.11 Å². The Morgan fingerprint density at radius 1 is 1.64 bits per heavy atom. The van der Waals surface area contributed by atoms with Crippen LogP contribution in [-0.2, 0) is 4.74 Å². The summed E-state index contributed by atoms with van der Waals surface area (Å²) < 4.78 is 4.64. The van der Waals surface area contributed by atoms with Crippen LogP contribution in [0.2, 0.25) is 0 Å². The Morgan fingerprint density at radius 3 is 2.64 bits per heavy atom. The molecule has 1 heterocycles. The van der Waals surface area contributed by atoms with Gasteiger partial charge in [-0.2, -0.15) is 0 Å². The summed E-state index contributed by atoms with van der Waals surface area (Å²) in [6, 6.07) is 1.77. The third-order valence-corrected chi connectivity index (χ3v) is 3.05. The smallest absolute Gasteiger partial charge is 0.348 e. The van der Waals surface area contributed by atoms with E-state index in [9.17, 15) is 4.79 Å². The normalized spacial score (nSPS) is 9.57. The molecule has 0 saturated carbocycles. The fourth-order valence-corrected chi connectivity index (χ4v) is 2.10. The molecule has 14 heavy (non-hydrogen) atoms. The van der Waals surface area contributed by atoms with E-state index in [4.69, 9.17) is 0 Å². The van der Waals surface area contributed by atoms with Gasteiger partial charge in [0, 0.05) is 4.88 Å². The van der Waals surface area contributed by atoms with E-state index in [1.165, 1.54) is 18.4 Å². The number of carbonyl (C=O) groups is 1. The van der Waals surface area contributed by atoms with Crippen LogP contribution in [0.25, 0.3) is 11.6 Å². The molecule has 0 aliphatic heterocycles. The average molecular weight is 208 g/mol. The maximum Gasteiger partial charge on any atom is 0.348 e. The second-order valence-electron chi connectivity index (χ2n) is 2.87. The van der Waals surface area contributed by atoms with Crippen LogP contribution >= 0.6 is 11.3 Å². The monoisotopic (exact) mass is 208 g/mol. The topological polar surface area (TPSA) is 26.3 Å². The molecule has 0 N–H and O–H groups in total. The molecule has 0 radical (unpaired) electrons. The highest BCUT2D eigenvalue weighted by molar-refractivity contribution is 7.15. The lowest BCUT2D eigenvalue weighted by Gasteiger charge is -1.94. The van der Waals surface area contributed by atoms with Crippen molar-refractivity contribution in [3.8, 4) is 0 Å². The fraction of sp³-hybridized carbons (Fsp3) is 0.182. The first-order chi connectivity index (χ1) is 6.60. The van der Waals surface area contributed by atoms with Crippen LogP contribution in [0, 0.1) is 0 Å². The third-order valence-electron chi connectivity index (χ3n) is 1.75. The maximum atomic E-state index is 11.2. The van der Waals surface area contributed by atoms with Gasteiger partial charge in [-0.1, -0.05) is 19.2 Å². The number of esters is 1. The molecule has 0 fully saturated rings. The SMILES string of the molecule is C=Cc1cc(C(=O)OC)sc1C(=C)C. The molecular weight excluding hydrogens is 196 g/mol. The summed E-state index contributed by atoms with van der Waals surface area (Å²) in [5.41, 5.74) is 1.86. The van der Waals surface area contributed by atoms with Crippen molar-refractivity contribution in [2.45, 2.75) is 6.92 Å². The molecule has 0 unspecified atom stereocenters. The van der Waals surface area contributed by atoms with Crippen molar-refractivity contribution in [1.29, 1.82) is 0 Å². The number of allylic oxidation sites excluding steroid dienone is 1. The van der Waals surface area contributed by atoms with Gasteiger partial charge in [-0.15, -0.1) is 11.3 Å². The minimum absolute atomic E-state index is 0.314. The van der Waals surface area contributed by atoms with Crippen molar-refractivity contribution < 1.29 is 9.53 Å². The van der Waals surface area contributed by atoms with Gasteiger partial charge in [-0.3, -0.25) is 0 Å². The standard InChI is InChI=1S/C11H12O2S/c1-5-8-6-9(11(12)13-4)14-10(8)7(2)3/h5-6H,1-2H2,3-4H3. The zero-order valence-corrected chi connectivity index (χ0v) is 9.11. The molecule has 0 saturated heterocycles. The van der Waals surface area contributed by atoms with Gasteiger partial charge in [0.1, 0.15) is 4.88 Å². The van der Waals surface area contributed by atoms with Gasteiger partial charge >= 0.3 is 5.97 Å². The summed E-state index contributed by atoms with van der Waals surface area (Å²) in [5.74, 6) is -0.314. The van der Waals surface area contributed by atoms with Crippen LogP contribution in [0.1, 0.15) is 27.0 Å². The van der Waals surface area contributed by atoms with Crippen LogP contribution in [-0.4, -0.2) is 13.1 Å². The van der Waals surface area contributed by atoms with Gasteiger partial charge in [0.05, 0.1) is 7.11 Å². The van der Waals surface area contributed by atoms with Gasteiger partial charge in [-0.25, -0.2) is 4.79 Å². The Kier molecular flexibility index (Phi) is 3.25. The summed E-state index contributed by atoms with van der Waals surface area (Å²) in [6.45, 7) is 9.43. The lowest BCUT2D eigenvalue weighted by molar-refractivity contribution is 0.0606. The van der Waals surface area contributed by atoms with E-state index in [2.05, 4.69) is 17.9 Å². The first-order valence-electron chi connectivity index (χ1n) is 4.10. The Morgan fingerprint density at radius 2 is 2.29 bits per heavy atom. The Labute approximate surface area is 87.5 Å². The summed E-state index contributed by atoms with van der Waals surface area (Å²) in [5, 5.41) is 0. The second kappa shape index (κ2) is 4.24. The molecule has 0 aromatic carbocycles. The molecule has 0 amide bonds. The highest BCUT2D eigenvalue weighted by atomic mass is 32.1. The van der Waals surface area contributed by atoms with Gasteiger partial charge in [0.2, 0.25) is 0 Å². The van der Waals surface area contributed by atoms with Crippen LogP contribution in [0.15, 0.2) is 19.2 Å². The van der Waals surface area contributed by atoms with E-state index < -0.39 is 0 Å². The Balaban J connectivity index is 3.19. The van der Waals surface area contributed by atoms with E-state index in [1.54, 1.807) is 12.1 Å². The summed E-state index contributed by atoms with van der Waals surface area (Å²) in [4.78, 5) is 12.8. The number of hydrogen-bond acceptors (Lipinski definition) is 3. The van der Waals surface area contributed by atoms with Gasteiger partial charge in [0.25, 0.3) is 0 Å². The molecule has 74 valence electrons. The van der Waals surface area contributed by atoms with Crippen molar-refractivity contribution in [2.24, 2.45) is 0 Å². The van der Waals surface area contributed by atoms with Crippen molar-refractivity contribution >= 4 is 29.0 Å². The molecular formula is C11H12O2S. The van der Waals surface area contributed by atoms with Crippen molar-refractivity contribution in [1.82, 2.24) is 0 Å². The molecule has 0 aliphatic rings. The summed E-state index contributed by atoms with van der Waals surface area (Å²) in [6.07, 6.45) is 1.72. The molecule has 2 nitrogen and oxygen atoms in total. The molecule has 0 bridgehead atoms. The van der Waals surface area contributed by atoms with E-state index in [-0.39, 0.29) is 5.97 Å². The lowest BCUT2D eigenvalue weighted by Crippen LogP contribution is -1.96. The maximum absolute atomic E-state index is 11.2. The largest absolute Gasteiger partial charge is 0.465 e.